The maximum atomic E-state index is 6.62. The van der Waals surface area contributed by atoms with Gasteiger partial charge in [0.05, 0.1) is 12.0 Å². The van der Waals surface area contributed by atoms with Crippen LogP contribution in [0.15, 0.2) is 36.4 Å². The fourth-order valence-electron chi connectivity index (χ4n) is 2.64. The van der Waals surface area contributed by atoms with Crippen molar-refractivity contribution in [3.63, 3.8) is 0 Å². The van der Waals surface area contributed by atoms with Gasteiger partial charge in [0.15, 0.2) is 0 Å². The van der Waals surface area contributed by atoms with Crippen LogP contribution in [0.1, 0.15) is 34.1 Å². The summed E-state index contributed by atoms with van der Waals surface area (Å²) in [6.07, 6.45) is 2.13. The summed E-state index contributed by atoms with van der Waals surface area (Å²) >= 11 is 12.7. The molecule has 0 N–H and O–H groups in total. The minimum Gasteiger partial charge on any atom is -0.493 e. The Balaban J connectivity index is 1.95. The van der Waals surface area contributed by atoms with Gasteiger partial charge in [0.1, 0.15) is 5.75 Å². The molecule has 0 radical (unpaired) electrons. The predicted molar refractivity (Wildman–Crippen MR) is 84.1 cm³/mol. The van der Waals surface area contributed by atoms with Gasteiger partial charge in [-0.15, -0.1) is 11.6 Å². The normalized spacial score (nSPS) is 15.3. The van der Waals surface area contributed by atoms with Crippen molar-refractivity contribution < 1.29 is 4.74 Å². The van der Waals surface area contributed by atoms with Crippen LogP contribution in [0, 0.1) is 6.92 Å². The molecule has 0 fully saturated rings. The van der Waals surface area contributed by atoms with Gasteiger partial charge in [-0.05, 0) is 60.2 Å². The molecule has 20 heavy (non-hydrogen) atoms. The highest BCUT2D eigenvalue weighted by molar-refractivity contribution is 6.31. The molecular formula is C17H16Cl2O. The number of rotatable bonds is 2. The van der Waals surface area contributed by atoms with Gasteiger partial charge < -0.3 is 4.74 Å². The molecule has 0 saturated heterocycles. The van der Waals surface area contributed by atoms with E-state index in [4.69, 9.17) is 27.9 Å². The highest BCUT2D eigenvalue weighted by atomic mass is 35.5. The van der Waals surface area contributed by atoms with E-state index < -0.39 is 0 Å². The van der Waals surface area contributed by atoms with Crippen LogP contribution in [0.3, 0.4) is 0 Å². The van der Waals surface area contributed by atoms with Crippen molar-refractivity contribution in [2.45, 2.75) is 25.1 Å². The van der Waals surface area contributed by atoms with Crippen molar-refractivity contribution in [2.24, 2.45) is 0 Å². The van der Waals surface area contributed by atoms with Gasteiger partial charge >= 0.3 is 0 Å². The summed E-state index contributed by atoms with van der Waals surface area (Å²) in [4.78, 5) is 0. The van der Waals surface area contributed by atoms with E-state index in [9.17, 15) is 0 Å². The summed E-state index contributed by atoms with van der Waals surface area (Å²) in [5, 5.41) is 0.548. The minimum absolute atomic E-state index is 0.181. The van der Waals surface area contributed by atoms with Crippen molar-refractivity contribution in [1.82, 2.24) is 0 Å². The minimum atomic E-state index is -0.181. The zero-order chi connectivity index (χ0) is 14.1. The fraction of sp³-hybridized carbons (Fsp3) is 0.294. The lowest BCUT2D eigenvalue weighted by Crippen LogP contribution is -2.09. The number of alkyl halides is 1. The van der Waals surface area contributed by atoms with Crippen LogP contribution >= 0.6 is 23.2 Å². The zero-order valence-corrected chi connectivity index (χ0v) is 12.8. The van der Waals surface area contributed by atoms with Crippen molar-refractivity contribution in [3.8, 4) is 5.75 Å². The topological polar surface area (TPSA) is 9.23 Å². The number of halogens is 2. The second-order valence-electron chi connectivity index (χ2n) is 5.24. The Hall–Kier alpha value is -1.18. The quantitative estimate of drug-likeness (QED) is 0.684. The maximum absolute atomic E-state index is 6.62. The molecule has 1 aliphatic rings. The van der Waals surface area contributed by atoms with Crippen molar-refractivity contribution in [2.75, 3.05) is 6.61 Å². The first-order valence-corrected chi connectivity index (χ1v) is 7.62. The van der Waals surface area contributed by atoms with E-state index in [0.717, 1.165) is 46.9 Å². The fourth-order valence-corrected chi connectivity index (χ4v) is 3.20. The molecule has 0 amide bonds. The van der Waals surface area contributed by atoms with Gasteiger partial charge in [0.2, 0.25) is 0 Å². The summed E-state index contributed by atoms with van der Waals surface area (Å²) in [6.45, 7) is 2.84. The number of benzene rings is 2. The second-order valence-corrected chi connectivity index (χ2v) is 6.12. The van der Waals surface area contributed by atoms with E-state index in [1.165, 1.54) is 5.56 Å². The molecule has 2 aromatic rings. The second kappa shape index (κ2) is 5.67. The van der Waals surface area contributed by atoms with Crippen molar-refractivity contribution in [3.05, 3.63) is 63.7 Å². The van der Waals surface area contributed by atoms with Crippen molar-refractivity contribution in [1.29, 1.82) is 0 Å². The average molecular weight is 307 g/mol. The van der Waals surface area contributed by atoms with Crippen LogP contribution in [0.25, 0.3) is 0 Å². The van der Waals surface area contributed by atoms with Gasteiger partial charge in [-0.3, -0.25) is 0 Å². The van der Waals surface area contributed by atoms with Crippen LogP contribution in [0.5, 0.6) is 5.75 Å². The Bertz CT molecular complexity index is 617. The van der Waals surface area contributed by atoms with Crippen LogP contribution in [0.2, 0.25) is 5.02 Å². The van der Waals surface area contributed by atoms with Crippen LogP contribution < -0.4 is 4.74 Å². The number of hydrogen-bond acceptors (Lipinski definition) is 1. The number of fused-ring (bicyclic) bond motifs is 1. The third-order valence-electron chi connectivity index (χ3n) is 3.58. The summed E-state index contributed by atoms with van der Waals surface area (Å²) in [6, 6.07) is 12.2. The molecule has 3 heteroatoms. The molecule has 0 aliphatic carbocycles. The smallest absolute Gasteiger partial charge is 0.122 e. The van der Waals surface area contributed by atoms with Gasteiger partial charge in [0.25, 0.3) is 0 Å². The molecule has 0 bridgehead atoms. The summed E-state index contributed by atoms with van der Waals surface area (Å²) in [5.74, 6) is 0.992. The van der Waals surface area contributed by atoms with E-state index in [1.54, 1.807) is 0 Å². The Labute approximate surface area is 129 Å². The molecule has 104 valence electrons. The van der Waals surface area contributed by atoms with Crippen LogP contribution in [-0.4, -0.2) is 6.61 Å². The molecule has 0 saturated carbocycles. The monoisotopic (exact) mass is 306 g/mol. The lowest BCUT2D eigenvalue weighted by Gasteiger charge is -2.19. The first kappa shape index (κ1) is 13.8. The van der Waals surface area contributed by atoms with E-state index in [0.29, 0.717) is 0 Å². The highest BCUT2D eigenvalue weighted by Crippen LogP contribution is 2.34. The lowest BCUT2D eigenvalue weighted by atomic mass is 9.98. The largest absolute Gasteiger partial charge is 0.493 e. The SMILES string of the molecule is Cc1cc(Cl)cc(C(Cl)c2ccc3c(c2)CCCO3)c1. The third kappa shape index (κ3) is 2.79. The highest BCUT2D eigenvalue weighted by Gasteiger charge is 2.16. The zero-order valence-electron chi connectivity index (χ0n) is 11.3. The molecular weight excluding hydrogens is 291 g/mol. The molecule has 3 rings (SSSR count). The van der Waals surface area contributed by atoms with Gasteiger partial charge in [-0.1, -0.05) is 29.8 Å². The number of aryl methyl sites for hydroxylation is 2. The Morgan fingerprint density at radius 2 is 1.95 bits per heavy atom. The van der Waals surface area contributed by atoms with Crippen LogP contribution in [0.4, 0.5) is 0 Å². The van der Waals surface area contributed by atoms with E-state index in [-0.39, 0.29) is 5.38 Å². The molecule has 1 nitrogen and oxygen atoms in total. The molecule has 0 spiro atoms. The standard InChI is InChI=1S/C17H16Cl2O/c1-11-7-14(10-15(18)8-11)17(19)13-4-5-16-12(9-13)3-2-6-20-16/h4-5,7-10,17H,2-3,6H2,1H3. The Morgan fingerprint density at radius 1 is 1.10 bits per heavy atom. The van der Waals surface area contributed by atoms with Gasteiger partial charge in [0, 0.05) is 5.02 Å². The summed E-state index contributed by atoms with van der Waals surface area (Å²) in [7, 11) is 0. The summed E-state index contributed by atoms with van der Waals surface area (Å²) in [5.41, 5.74) is 4.50. The molecule has 0 aromatic heterocycles. The molecule has 2 aromatic carbocycles. The van der Waals surface area contributed by atoms with E-state index in [1.807, 2.05) is 31.2 Å². The van der Waals surface area contributed by atoms with E-state index in [2.05, 4.69) is 12.1 Å². The lowest BCUT2D eigenvalue weighted by molar-refractivity contribution is 0.288. The summed E-state index contributed by atoms with van der Waals surface area (Å²) < 4.78 is 5.64. The third-order valence-corrected chi connectivity index (χ3v) is 4.30. The molecule has 1 atom stereocenters. The first-order chi connectivity index (χ1) is 9.63. The van der Waals surface area contributed by atoms with E-state index >= 15 is 0 Å². The van der Waals surface area contributed by atoms with Gasteiger partial charge in [-0.25, -0.2) is 0 Å². The van der Waals surface area contributed by atoms with Crippen LogP contribution in [-0.2, 0) is 6.42 Å². The first-order valence-electron chi connectivity index (χ1n) is 6.80. The molecule has 1 heterocycles. The predicted octanol–water partition coefficient (Wildman–Crippen LogP) is 5.30. The average Bonchev–Trinajstić information content (AvgIpc) is 2.45. The molecule has 1 unspecified atom stereocenters. The maximum Gasteiger partial charge on any atom is 0.122 e. The Morgan fingerprint density at radius 3 is 2.75 bits per heavy atom. The number of hydrogen-bond donors (Lipinski definition) is 0. The van der Waals surface area contributed by atoms with Gasteiger partial charge in [-0.2, -0.15) is 0 Å². The Kier molecular flexibility index (Phi) is 3.91. The number of ether oxygens (including phenoxy) is 1. The molecule has 1 aliphatic heterocycles. The van der Waals surface area contributed by atoms with Crippen molar-refractivity contribution >= 4 is 23.2 Å².